The zero-order valence-corrected chi connectivity index (χ0v) is 10.5. The predicted molar refractivity (Wildman–Crippen MR) is 67.0 cm³/mol. The van der Waals surface area contributed by atoms with Gasteiger partial charge in [-0.25, -0.2) is 0 Å². The van der Waals surface area contributed by atoms with Gasteiger partial charge in [0, 0.05) is 25.9 Å². The Morgan fingerprint density at radius 2 is 2.22 bits per heavy atom. The first-order valence-corrected chi connectivity index (χ1v) is 6.08. The van der Waals surface area contributed by atoms with E-state index in [2.05, 4.69) is 20.7 Å². The van der Waals surface area contributed by atoms with Gasteiger partial charge in [-0.05, 0) is 13.3 Å². The van der Waals surface area contributed by atoms with Crippen molar-refractivity contribution < 1.29 is 5.11 Å². The zero-order valence-electron chi connectivity index (χ0n) is 10.5. The maximum atomic E-state index is 8.73. The van der Waals surface area contributed by atoms with Crippen molar-refractivity contribution >= 4 is 5.69 Å². The summed E-state index contributed by atoms with van der Waals surface area (Å²) in [4.78, 5) is 0. The predicted octanol–water partition coefficient (Wildman–Crippen LogP) is 0.489. The van der Waals surface area contributed by atoms with Gasteiger partial charge < -0.3 is 10.4 Å². The fraction of sp³-hybridized carbons (Fsp3) is 0.545. The van der Waals surface area contributed by atoms with E-state index in [9.17, 15) is 0 Å². The number of rotatable bonds is 7. The number of anilines is 1. The molecule has 0 atom stereocenters. The van der Waals surface area contributed by atoms with Gasteiger partial charge in [-0.3, -0.25) is 9.36 Å². The minimum Gasteiger partial charge on any atom is -0.396 e. The Morgan fingerprint density at radius 1 is 1.33 bits per heavy atom. The minimum absolute atomic E-state index is 0.170. The molecule has 0 saturated heterocycles. The number of hydrogen-bond acceptors (Lipinski definition) is 5. The van der Waals surface area contributed by atoms with Gasteiger partial charge in [0.15, 0.2) is 0 Å². The summed E-state index contributed by atoms with van der Waals surface area (Å²) in [6.07, 6.45) is 6.32. The Kier molecular flexibility index (Phi) is 4.30. The topological polar surface area (TPSA) is 80.8 Å². The lowest BCUT2D eigenvalue weighted by molar-refractivity contribution is 0.276. The molecule has 0 unspecified atom stereocenters. The summed E-state index contributed by atoms with van der Waals surface area (Å²) in [5.41, 5.74) is 1.85. The molecular formula is C11H18N6O. The van der Waals surface area contributed by atoms with Crippen LogP contribution in [-0.4, -0.2) is 36.5 Å². The maximum Gasteiger partial charge on any atom is 0.102 e. The van der Waals surface area contributed by atoms with Crippen LogP contribution in [0.5, 0.6) is 0 Å². The first kappa shape index (κ1) is 12.6. The molecule has 0 aliphatic rings. The van der Waals surface area contributed by atoms with E-state index < -0.39 is 0 Å². The molecule has 0 spiro atoms. The number of aliphatic hydroxyl groups is 1. The summed E-state index contributed by atoms with van der Waals surface area (Å²) in [6.45, 7) is 4.39. The smallest absolute Gasteiger partial charge is 0.102 e. The number of aryl methyl sites for hydroxylation is 2. The van der Waals surface area contributed by atoms with Gasteiger partial charge in [-0.1, -0.05) is 5.21 Å². The highest BCUT2D eigenvalue weighted by Gasteiger charge is 2.01. The Morgan fingerprint density at radius 3 is 2.94 bits per heavy atom. The summed E-state index contributed by atoms with van der Waals surface area (Å²) in [5, 5.41) is 24.2. The summed E-state index contributed by atoms with van der Waals surface area (Å²) in [6, 6.07) is 0. The van der Waals surface area contributed by atoms with Crippen LogP contribution in [0.25, 0.3) is 0 Å². The van der Waals surface area contributed by atoms with Crippen LogP contribution >= 0.6 is 0 Å². The van der Waals surface area contributed by atoms with Crippen molar-refractivity contribution in [2.75, 3.05) is 11.9 Å². The molecule has 2 aromatic heterocycles. The molecular weight excluding hydrogens is 232 g/mol. The maximum absolute atomic E-state index is 8.73. The van der Waals surface area contributed by atoms with Crippen LogP contribution in [0.3, 0.4) is 0 Å². The monoisotopic (exact) mass is 250 g/mol. The van der Waals surface area contributed by atoms with Gasteiger partial charge in [-0.2, -0.15) is 5.10 Å². The second kappa shape index (κ2) is 6.15. The first-order chi connectivity index (χ1) is 8.81. The highest BCUT2D eigenvalue weighted by molar-refractivity contribution is 5.38. The van der Waals surface area contributed by atoms with Crippen molar-refractivity contribution in [2.45, 2.75) is 33.0 Å². The average Bonchev–Trinajstić information content (AvgIpc) is 3.03. The first-order valence-electron chi connectivity index (χ1n) is 6.08. The van der Waals surface area contributed by atoms with Crippen LogP contribution in [0, 0.1) is 0 Å². The van der Waals surface area contributed by atoms with Crippen molar-refractivity contribution in [2.24, 2.45) is 0 Å². The van der Waals surface area contributed by atoms with Gasteiger partial charge in [0.25, 0.3) is 0 Å². The minimum atomic E-state index is 0.170. The van der Waals surface area contributed by atoms with Crippen LogP contribution in [0.15, 0.2) is 18.6 Å². The van der Waals surface area contributed by atoms with Gasteiger partial charge in [0.2, 0.25) is 0 Å². The van der Waals surface area contributed by atoms with E-state index in [4.69, 9.17) is 5.11 Å². The van der Waals surface area contributed by atoms with Crippen molar-refractivity contribution in [3.63, 3.8) is 0 Å². The third kappa shape index (κ3) is 3.30. The highest BCUT2D eigenvalue weighted by Crippen LogP contribution is 2.06. The van der Waals surface area contributed by atoms with Crippen LogP contribution in [0.4, 0.5) is 5.69 Å². The molecule has 2 aromatic rings. The molecule has 2 heterocycles. The van der Waals surface area contributed by atoms with Gasteiger partial charge in [-0.15, -0.1) is 5.10 Å². The molecule has 2 rings (SSSR count). The second-order valence-corrected chi connectivity index (χ2v) is 3.99. The third-order valence-electron chi connectivity index (χ3n) is 2.56. The van der Waals surface area contributed by atoms with Crippen LogP contribution < -0.4 is 5.32 Å². The van der Waals surface area contributed by atoms with Crippen molar-refractivity contribution in [1.82, 2.24) is 24.8 Å². The molecule has 0 saturated carbocycles. The zero-order chi connectivity index (χ0) is 12.8. The Balaban J connectivity index is 1.84. The fourth-order valence-electron chi connectivity index (χ4n) is 1.58. The number of hydrogen-bond donors (Lipinski definition) is 2. The lowest BCUT2D eigenvalue weighted by Gasteiger charge is -1.99. The van der Waals surface area contributed by atoms with E-state index in [1.165, 1.54) is 0 Å². The normalized spacial score (nSPS) is 10.8. The number of aliphatic hydroxyl groups excluding tert-OH is 1. The van der Waals surface area contributed by atoms with E-state index in [0.29, 0.717) is 19.5 Å². The molecule has 0 fully saturated rings. The second-order valence-electron chi connectivity index (χ2n) is 3.99. The molecule has 0 aromatic carbocycles. The third-order valence-corrected chi connectivity index (χ3v) is 2.56. The Bertz CT molecular complexity index is 477. The summed E-state index contributed by atoms with van der Waals surface area (Å²) in [5.74, 6) is 0. The lowest BCUT2D eigenvalue weighted by atomic mass is 10.4. The molecule has 98 valence electrons. The lowest BCUT2D eigenvalue weighted by Crippen LogP contribution is -2.00. The highest BCUT2D eigenvalue weighted by atomic mass is 16.3. The number of aromatic nitrogens is 5. The molecule has 0 radical (unpaired) electrons. The summed E-state index contributed by atoms with van der Waals surface area (Å²) in [7, 11) is 0. The van der Waals surface area contributed by atoms with Gasteiger partial charge in [0.05, 0.1) is 24.6 Å². The van der Waals surface area contributed by atoms with E-state index in [1.54, 1.807) is 10.9 Å². The Hall–Kier alpha value is -1.89. The van der Waals surface area contributed by atoms with Gasteiger partial charge in [0.1, 0.15) is 5.69 Å². The van der Waals surface area contributed by atoms with Gasteiger partial charge >= 0.3 is 0 Å². The largest absolute Gasteiger partial charge is 0.396 e. The van der Waals surface area contributed by atoms with E-state index in [0.717, 1.165) is 17.9 Å². The molecule has 0 aliphatic heterocycles. The quantitative estimate of drug-likeness (QED) is 0.747. The van der Waals surface area contributed by atoms with E-state index in [1.807, 2.05) is 24.0 Å². The number of nitrogens with zero attached hydrogens (tertiary/aromatic N) is 5. The molecule has 0 amide bonds. The van der Waals surface area contributed by atoms with E-state index in [-0.39, 0.29) is 6.61 Å². The van der Waals surface area contributed by atoms with Crippen LogP contribution in [0.1, 0.15) is 19.0 Å². The van der Waals surface area contributed by atoms with Crippen molar-refractivity contribution in [1.29, 1.82) is 0 Å². The molecule has 7 heteroatoms. The van der Waals surface area contributed by atoms with Crippen LogP contribution in [0.2, 0.25) is 0 Å². The van der Waals surface area contributed by atoms with E-state index >= 15 is 0 Å². The molecule has 0 aliphatic carbocycles. The molecule has 18 heavy (non-hydrogen) atoms. The standard InChI is InChI=1S/C11H18N6O/c1-2-16-8-10(7-13-16)12-6-11-9-17(15-14-11)4-3-5-18/h7-9,12,18H,2-6H2,1H3. The van der Waals surface area contributed by atoms with Crippen molar-refractivity contribution in [3.8, 4) is 0 Å². The molecule has 2 N–H and O–H groups in total. The van der Waals surface area contributed by atoms with Crippen molar-refractivity contribution in [3.05, 3.63) is 24.3 Å². The summed E-state index contributed by atoms with van der Waals surface area (Å²) < 4.78 is 3.60. The fourth-order valence-corrected chi connectivity index (χ4v) is 1.58. The number of nitrogens with one attached hydrogen (secondary N) is 1. The molecule has 7 nitrogen and oxygen atoms in total. The Labute approximate surface area is 105 Å². The molecule has 0 bridgehead atoms. The summed E-state index contributed by atoms with van der Waals surface area (Å²) >= 11 is 0. The average molecular weight is 250 g/mol. The SMILES string of the molecule is CCn1cc(NCc2cn(CCCO)nn2)cn1. The van der Waals surface area contributed by atoms with Crippen LogP contribution in [-0.2, 0) is 19.6 Å².